The molecule has 6 heteroatoms. The lowest BCUT2D eigenvalue weighted by Gasteiger charge is -2.19. The molecule has 1 aliphatic carbocycles. The summed E-state index contributed by atoms with van der Waals surface area (Å²) in [6, 6.07) is 8.96. The zero-order chi connectivity index (χ0) is 24.7. The Balaban J connectivity index is 1.36. The van der Waals surface area contributed by atoms with E-state index in [1.807, 2.05) is 24.3 Å². The predicted octanol–water partition coefficient (Wildman–Crippen LogP) is 7.40. The number of hydrogen-bond acceptors (Lipinski definition) is 5. The van der Waals surface area contributed by atoms with Gasteiger partial charge in [-0.05, 0) is 48.4 Å². The van der Waals surface area contributed by atoms with Gasteiger partial charge in [-0.15, -0.1) is 10.2 Å². The Morgan fingerprint density at radius 2 is 1.74 bits per heavy atom. The summed E-state index contributed by atoms with van der Waals surface area (Å²) in [5, 5.41) is 8.65. The van der Waals surface area contributed by atoms with Crippen LogP contribution in [0.2, 0.25) is 6.04 Å². The molecule has 3 rings (SSSR count). The zero-order valence-electron chi connectivity index (χ0n) is 22.4. The van der Waals surface area contributed by atoms with Crippen LogP contribution in [-0.2, 0) is 0 Å². The van der Waals surface area contributed by atoms with Crippen LogP contribution in [0.15, 0.2) is 30.5 Å². The van der Waals surface area contributed by atoms with E-state index in [2.05, 4.69) is 36.0 Å². The van der Waals surface area contributed by atoms with Crippen LogP contribution >= 0.6 is 0 Å². The minimum absolute atomic E-state index is 0.585. The molecule has 194 valence electrons. The predicted molar refractivity (Wildman–Crippen MR) is 148 cm³/mol. The van der Waals surface area contributed by atoms with Gasteiger partial charge in [-0.1, -0.05) is 91.4 Å². The van der Waals surface area contributed by atoms with Gasteiger partial charge in [0.25, 0.3) is 0 Å². The Bertz CT molecular complexity index is 829. The van der Waals surface area contributed by atoms with Gasteiger partial charge in [-0.3, -0.25) is 4.98 Å². The fourth-order valence-corrected chi connectivity index (χ4v) is 5.63. The maximum absolute atomic E-state index is 6.24. The Labute approximate surface area is 215 Å². The van der Waals surface area contributed by atoms with Crippen LogP contribution in [0, 0.1) is 17.8 Å². The molecule has 0 spiro atoms. The molecular formula is C29H47N3O2Si. The van der Waals surface area contributed by atoms with Crippen molar-refractivity contribution in [3.63, 3.8) is 0 Å². The molecule has 0 saturated heterocycles. The fraction of sp³-hybridized carbons (Fsp3) is 0.690. The summed E-state index contributed by atoms with van der Waals surface area (Å²) in [5.41, 5.74) is 1.51. The minimum Gasteiger partial charge on any atom is -0.548 e. The third-order valence-electron chi connectivity index (χ3n) is 7.40. The normalized spacial score (nSPS) is 15.4. The molecule has 1 aliphatic rings. The lowest BCUT2D eigenvalue weighted by atomic mass is 9.88. The molecule has 1 fully saturated rings. The number of nitrogens with zero attached hydrogens (tertiary/aromatic N) is 3. The molecule has 0 radical (unpaired) electrons. The lowest BCUT2D eigenvalue weighted by Crippen LogP contribution is -2.09. The molecule has 35 heavy (non-hydrogen) atoms. The van der Waals surface area contributed by atoms with Crippen molar-refractivity contribution in [2.45, 2.75) is 104 Å². The second-order valence-corrected chi connectivity index (χ2v) is 11.9. The molecule has 2 aromatic heterocycles. The van der Waals surface area contributed by atoms with Gasteiger partial charge in [0.05, 0.1) is 6.61 Å². The largest absolute Gasteiger partial charge is 0.548 e. The van der Waals surface area contributed by atoms with E-state index in [9.17, 15) is 0 Å². The molecular weight excluding hydrogens is 450 g/mol. The van der Waals surface area contributed by atoms with E-state index in [1.54, 1.807) is 6.20 Å². The molecule has 1 saturated carbocycles. The Hall–Kier alpha value is -1.95. The van der Waals surface area contributed by atoms with E-state index in [4.69, 9.17) is 9.16 Å². The van der Waals surface area contributed by atoms with E-state index in [0.717, 1.165) is 41.3 Å². The van der Waals surface area contributed by atoms with Crippen molar-refractivity contribution >= 4 is 9.76 Å². The van der Waals surface area contributed by atoms with Crippen molar-refractivity contribution in [1.82, 2.24) is 15.2 Å². The van der Waals surface area contributed by atoms with Crippen LogP contribution in [0.3, 0.4) is 0 Å². The molecule has 2 heterocycles. The van der Waals surface area contributed by atoms with Gasteiger partial charge in [0, 0.05) is 12.3 Å². The highest BCUT2D eigenvalue weighted by Gasteiger charge is 2.19. The van der Waals surface area contributed by atoms with Crippen LogP contribution in [0.25, 0.3) is 11.4 Å². The summed E-state index contributed by atoms with van der Waals surface area (Å²) in [4.78, 5) is 4.53. The first-order chi connectivity index (χ1) is 17.2. The molecule has 0 aliphatic heterocycles. The van der Waals surface area contributed by atoms with Gasteiger partial charge >= 0.3 is 0 Å². The summed E-state index contributed by atoms with van der Waals surface area (Å²) in [6.07, 6.45) is 17.7. The van der Waals surface area contributed by atoms with Crippen LogP contribution in [0.1, 0.15) is 97.8 Å². The zero-order valence-corrected chi connectivity index (χ0v) is 23.8. The van der Waals surface area contributed by atoms with E-state index < -0.39 is 9.76 Å². The minimum atomic E-state index is -0.639. The maximum atomic E-state index is 6.24. The first kappa shape index (κ1) is 27.6. The molecule has 0 amide bonds. The highest BCUT2D eigenvalue weighted by atomic mass is 28.2. The third kappa shape index (κ3) is 10.7. The molecule has 2 atom stereocenters. The van der Waals surface area contributed by atoms with Gasteiger partial charge in [-0.25, -0.2) is 0 Å². The van der Waals surface area contributed by atoms with Crippen molar-refractivity contribution in [3.8, 4) is 23.0 Å². The molecule has 0 aromatic carbocycles. The maximum Gasteiger partial charge on any atom is 0.233 e. The van der Waals surface area contributed by atoms with Crippen LogP contribution in [0.4, 0.5) is 0 Å². The van der Waals surface area contributed by atoms with E-state index >= 15 is 0 Å². The second kappa shape index (κ2) is 15.9. The second-order valence-electron chi connectivity index (χ2n) is 10.5. The summed E-state index contributed by atoms with van der Waals surface area (Å²) in [5.74, 6) is 4.09. The summed E-state index contributed by atoms with van der Waals surface area (Å²) in [7, 11) is -0.639. The first-order valence-corrected chi connectivity index (χ1v) is 15.8. The highest BCUT2D eigenvalue weighted by molar-refractivity contribution is 6.28. The van der Waals surface area contributed by atoms with Crippen molar-refractivity contribution in [2.75, 3.05) is 6.61 Å². The van der Waals surface area contributed by atoms with E-state index in [0.29, 0.717) is 12.5 Å². The first-order valence-electron chi connectivity index (χ1n) is 14.2. The van der Waals surface area contributed by atoms with Crippen LogP contribution < -0.4 is 9.16 Å². The lowest BCUT2D eigenvalue weighted by molar-refractivity contribution is 0.290. The van der Waals surface area contributed by atoms with Gasteiger partial charge in [0.1, 0.15) is 17.1 Å². The van der Waals surface area contributed by atoms with Crippen molar-refractivity contribution in [3.05, 3.63) is 30.5 Å². The monoisotopic (exact) mass is 497 g/mol. The Morgan fingerprint density at radius 3 is 2.49 bits per heavy atom. The number of ether oxygens (including phenoxy) is 1. The van der Waals surface area contributed by atoms with Crippen LogP contribution in [0.5, 0.6) is 11.6 Å². The number of rotatable bonds is 19. The van der Waals surface area contributed by atoms with Crippen molar-refractivity contribution < 1.29 is 9.16 Å². The standard InChI is InChI=1S/C29H47N3O2Si/c1-4-5-12-23(2)24(3)13-11-22-35-34-27-15-10-20-30-29(27)26-18-19-28(32-31-26)33-21-9-7-6-8-14-25-16-17-25/h10,15,18-20,23-25H,4-9,11-14,16-17,21-22,35H2,1-3H3. The Kier molecular flexibility index (Phi) is 12.6. The molecule has 0 bridgehead atoms. The quantitative estimate of drug-likeness (QED) is 0.149. The Morgan fingerprint density at radius 1 is 0.943 bits per heavy atom. The average Bonchev–Trinajstić information content (AvgIpc) is 3.71. The number of unbranched alkanes of at least 4 members (excludes halogenated alkanes) is 4. The van der Waals surface area contributed by atoms with E-state index in [1.165, 1.54) is 76.7 Å². The van der Waals surface area contributed by atoms with Crippen molar-refractivity contribution in [2.24, 2.45) is 17.8 Å². The summed E-state index contributed by atoms with van der Waals surface area (Å²) >= 11 is 0. The van der Waals surface area contributed by atoms with E-state index in [-0.39, 0.29) is 0 Å². The molecule has 2 unspecified atom stereocenters. The number of hydrogen-bond donors (Lipinski definition) is 0. The smallest absolute Gasteiger partial charge is 0.233 e. The average molecular weight is 498 g/mol. The van der Waals surface area contributed by atoms with Crippen LogP contribution in [-0.4, -0.2) is 31.6 Å². The van der Waals surface area contributed by atoms with Gasteiger partial charge in [-0.2, -0.15) is 0 Å². The fourth-order valence-electron chi connectivity index (χ4n) is 4.54. The number of pyridine rings is 1. The molecule has 2 aromatic rings. The third-order valence-corrected chi connectivity index (χ3v) is 8.71. The summed E-state index contributed by atoms with van der Waals surface area (Å²) in [6.45, 7) is 7.80. The SMILES string of the molecule is CCCCC(C)C(C)CCC[SiH2]Oc1cccnc1-c1ccc(OCCCCCCC2CC2)nn1. The van der Waals surface area contributed by atoms with Gasteiger partial charge in [0.15, 0.2) is 0 Å². The molecule has 5 nitrogen and oxygen atoms in total. The highest BCUT2D eigenvalue weighted by Crippen LogP contribution is 2.34. The van der Waals surface area contributed by atoms with Gasteiger partial charge in [0.2, 0.25) is 15.6 Å². The molecule has 0 N–H and O–H groups in total. The summed E-state index contributed by atoms with van der Waals surface area (Å²) < 4.78 is 12.0. The van der Waals surface area contributed by atoms with Crippen molar-refractivity contribution in [1.29, 1.82) is 0 Å². The van der Waals surface area contributed by atoms with Gasteiger partial charge < -0.3 is 9.16 Å². The number of aromatic nitrogens is 3. The topological polar surface area (TPSA) is 57.1 Å².